The zero-order chi connectivity index (χ0) is 17.3. The molecule has 0 aromatic carbocycles. The van der Waals surface area contributed by atoms with Gasteiger partial charge in [0.2, 0.25) is 0 Å². The standard InChI is InChI=1S/C17H36N4O2.HI/c1-7-18-16(19-9-10-22-8-2)20-13-17(5,6)21-11-14(3)23-15(4)12-21;/h14-15H,7-13H2,1-6H3,(H2,18,19,20);1H. The Bertz CT molecular complexity index is 356. The van der Waals surface area contributed by atoms with E-state index in [4.69, 9.17) is 14.5 Å². The van der Waals surface area contributed by atoms with Crippen LogP contribution in [0.25, 0.3) is 0 Å². The lowest BCUT2D eigenvalue weighted by molar-refractivity contribution is -0.0939. The van der Waals surface area contributed by atoms with Gasteiger partial charge < -0.3 is 20.1 Å². The van der Waals surface area contributed by atoms with E-state index >= 15 is 0 Å². The van der Waals surface area contributed by atoms with E-state index < -0.39 is 0 Å². The van der Waals surface area contributed by atoms with Gasteiger partial charge in [-0.15, -0.1) is 24.0 Å². The van der Waals surface area contributed by atoms with Crippen LogP contribution in [0.3, 0.4) is 0 Å². The first-order chi connectivity index (χ1) is 10.9. The maximum Gasteiger partial charge on any atom is 0.191 e. The van der Waals surface area contributed by atoms with Crippen LogP contribution in [0.4, 0.5) is 0 Å². The molecule has 0 aromatic rings. The number of hydrogen-bond acceptors (Lipinski definition) is 4. The average molecular weight is 456 g/mol. The summed E-state index contributed by atoms with van der Waals surface area (Å²) in [5.74, 6) is 0.856. The number of nitrogens with one attached hydrogen (secondary N) is 2. The molecular weight excluding hydrogens is 419 g/mol. The van der Waals surface area contributed by atoms with E-state index in [0.717, 1.165) is 45.3 Å². The van der Waals surface area contributed by atoms with Crippen LogP contribution in [0, 0.1) is 0 Å². The predicted octanol–water partition coefficient (Wildman–Crippen LogP) is 2.08. The Morgan fingerprint density at radius 2 is 1.83 bits per heavy atom. The summed E-state index contributed by atoms with van der Waals surface area (Å²) in [5.41, 5.74) is 0.00850. The number of morpholine rings is 1. The van der Waals surface area contributed by atoms with E-state index in [1.807, 2.05) is 6.92 Å². The molecule has 2 N–H and O–H groups in total. The van der Waals surface area contributed by atoms with Gasteiger partial charge in [-0.2, -0.15) is 0 Å². The molecule has 0 saturated carbocycles. The van der Waals surface area contributed by atoms with Crippen LogP contribution in [0.2, 0.25) is 0 Å². The highest BCUT2D eigenvalue weighted by Crippen LogP contribution is 2.21. The van der Waals surface area contributed by atoms with Crippen LogP contribution in [-0.2, 0) is 9.47 Å². The van der Waals surface area contributed by atoms with Crippen molar-refractivity contribution in [1.29, 1.82) is 0 Å². The van der Waals surface area contributed by atoms with Crippen molar-refractivity contribution in [2.24, 2.45) is 4.99 Å². The topological polar surface area (TPSA) is 58.1 Å². The first-order valence-electron chi connectivity index (χ1n) is 8.89. The molecule has 1 heterocycles. The Labute approximate surface area is 165 Å². The third-order valence-electron chi connectivity index (χ3n) is 3.99. The second-order valence-electron chi connectivity index (χ2n) is 6.79. The van der Waals surface area contributed by atoms with Crippen molar-refractivity contribution < 1.29 is 9.47 Å². The van der Waals surface area contributed by atoms with Gasteiger partial charge >= 0.3 is 0 Å². The molecule has 6 nitrogen and oxygen atoms in total. The second kappa shape index (κ2) is 12.3. The minimum atomic E-state index is 0. The molecule has 2 unspecified atom stereocenters. The van der Waals surface area contributed by atoms with Crippen LogP contribution in [-0.4, -0.2) is 74.5 Å². The Morgan fingerprint density at radius 1 is 1.21 bits per heavy atom. The summed E-state index contributed by atoms with van der Waals surface area (Å²) in [6.45, 7) is 18.6. The Hall–Kier alpha value is -0.120. The van der Waals surface area contributed by atoms with Crippen molar-refractivity contribution in [3.63, 3.8) is 0 Å². The molecule has 1 rings (SSSR count). The second-order valence-corrected chi connectivity index (χ2v) is 6.79. The van der Waals surface area contributed by atoms with Crippen LogP contribution in [0.5, 0.6) is 0 Å². The summed E-state index contributed by atoms with van der Waals surface area (Å²) in [6.07, 6.45) is 0.555. The number of aliphatic imine (C=N–C) groups is 1. The highest BCUT2D eigenvalue weighted by molar-refractivity contribution is 14.0. The summed E-state index contributed by atoms with van der Waals surface area (Å²) < 4.78 is 11.2. The SMILES string of the molecule is CCNC(=NCC(C)(C)N1CC(C)OC(C)C1)NCCOCC.I. The predicted molar refractivity (Wildman–Crippen MR) is 112 cm³/mol. The largest absolute Gasteiger partial charge is 0.380 e. The number of rotatable bonds is 8. The molecule has 0 aromatic heterocycles. The van der Waals surface area contributed by atoms with Crippen molar-refractivity contribution in [3.8, 4) is 0 Å². The van der Waals surface area contributed by atoms with Crippen molar-refractivity contribution in [1.82, 2.24) is 15.5 Å². The fourth-order valence-electron chi connectivity index (χ4n) is 2.77. The fourth-order valence-corrected chi connectivity index (χ4v) is 2.77. The zero-order valence-corrected chi connectivity index (χ0v) is 18.6. The average Bonchev–Trinajstić information content (AvgIpc) is 2.48. The molecule has 2 atom stereocenters. The number of guanidine groups is 1. The molecule has 0 amide bonds. The first-order valence-corrected chi connectivity index (χ1v) is 8.89. The molecule has 24 heavy (non-hydrogen) atoms. The highest BCUT2D eigenvalue weighted by atomic mass is 127. The van der Waals surface area contributed by atoms with Crippen molar-refractivity contribution >= 4 is 29.9 Å². The van der Waals surface area contributed by atoms with Gasteiger partial charge in [0.1, 0.15) is 0 Å². The van der Waals surface area contributed by atoms with Gasteiger partial charge in [-0.3, -0.25) is 9.89 Å². The molecule has 7 heteroatoms. The lowest BCUT2D eigenvalue weighted by Crippen LogP contribution is -2.56. The Balaban J connectivity index is 0.00000529. The summed E-state index contributed by atoms with van der Waals surface area (Å²) in [6, 6.07) is 0. The minimum absolute atomic E-state index is 0. The molecule has 1 saturated heterocycles. The summed E-state index contributed by atoms with van der Waals surface area (Å²) in [7, 11) is 0. The summed E-state index contributed by atoms with van der Waals surface area (Å²) in [5, 5.41) is 6.61. The van der Waals surface area contributed by atoms with E-state index in [0.29, 0.717) is 6.61 Å². The first kappa shape index (κ1) is 23.9. The van der Waals surface area contributed by atoms with Crippen LogP contribution in [0.1, 0.15) is 41.5 Å². The van der Waals surface area contributed by atoms with E-state index in [2.05, 4.69) is 50.2 Å². The monoisotopic (exact) mass is 456 g/mol. The van der Waals surface area contributed by atoms with E-state index in [1.165, 1.54) is 0 Å². The molecular formula is C17H37IN4O2. The van der Waals surface area contributed by atoms with Gasteiger partial charge in [-0.05, 0) is 41.5 Å². The van der Waals surface area contributed by atoms with Gasteiger partial charge in [-0.25, -0.2) is 0 Å². The van der Waals surface area contributed by atoms with Crippen molar-refractivity contribution in [3.05, 3.63) is 0 Å². The van der Waals surface area contributed by atoms with Gasteiger partial charge in [-0.1, -0.05) is 0 Å². The number of hydrogen-bond donors (Lipinski definition) is 2. The lowest BCUT2D eigenvalue weighted by Gasteiger charge is -2.44. The van der Waals surface area contributed by atoms with Crippen LogP contribution >= 0.6 is 24.0 Å². The van der Waals surface area contributed by atoms with Gasteiger partial charge in [0.25, 0.3) is 0 Å². The van der Waals surface area contributed by atoms with E-state index in [-0.39, 0.29) is 41.7 Å². The smallest absolute Gasteiger partial charge is 0.191 e. The Morgan fingerprint density at radius 3 is 2.38 bits per heavy atom. The van der Waals surface area contributed by atoms with Crippen LogP contribution in [0.15, 0.2) is 4.99 Å². The molecule has 1 aliphatic heterocycles. The molecule has 0 bridgehead atoms. The van der Waals surface area contributed by atoms with Crippen molar-refractivity contribution in [2.75, 3.05) is 45.9 Å². The third kappa shape index (κ3) is 8.82. The lowest BCUT2D eigenvalue weighted by atomic mass is 10.0. The molecule has 0 spiro atoms. The Kier molecular flexibility index (Phi) is 12.2. The number of ether oxygens (including phenoxy) is 2. The van der Waals surface area contributed by atoms with E-state index in [9.17, 15) is 0 Å². The van der Waals surface area contributed by atoms with Gasteiger partial charge in [0.05, 0.1) is 25.4 Å². The quantitative estimate of drug-likeness (QED) is 0.254. The number of halogens is 1. The van der Waals surface area contributed by atoms with Crippen molar-refractivity contribution in [2.45, 2.75) is 59.3 Å². The summed E-state index contributed by atoms with van der Waals surface area (Å²) in [4.78, 5) is 7.25. The maximum atomic E-state index is 5.84. The third-order valence-corrected chi connectivity index (χ3v) is 3.99. The maximum absolute atomic E-state index is 5.84. The van der Waals surface area contributed by atoms with E-state index in [1.54, 1.807) is 0 Å². The highest BCUT2D eigenvalue weighted by Gasteiger charge is 2.33. The number of nitrogens with zero attached hydrogens (tertiary/aromatic N) is 2. The molecule has 1 aliphatic rings. The fraction of sp³-hybridized carbons (Fsp3) is 0.941. The molecule has 144 valence electrons. The normalized spacial score (nSPS) is 22.8. The van der Waals surface area contributed by atoms with Gasteiger partial charge in [0.15, 0.2) is 5.96 Å². The van der Waals surface area contributed by atoms with Gasteiger partial charge in [0, 0.05) is 38.3 Å². The summed E-state index contributed by atoms with van der Waals surface area (Å²) >= 11 is 0. The molecule has 0 radical (unpaired) electrons. The molecule has 1 fully saturated rings. The zero-order valence-electron chi connectivity index (χ0n) is 16.2. The minimum Gasteiger partial charge on any atom is -0.380 e. The van der Waals surface area contributed by atoms with Crippen LogP contribution < -0.4 is 10.6 Å². The molecule has 0 aliphatic carbocycles.